The molecule has 15 nitrogen and oxygen atoms in total. The van der Waals surface area contributed by atoms with Crippen molar-refractivity contribution in [1.82, 2.24) is 10.2 Å². The van der Waals surface area contributed by atoms with Gasteiger partial charge in [0, 0.05) is 60.5 Å². The predicted molar refractivity (Wildman–Crippen MR) is 215 cm³/mol. The van der Waals surface area contributed by atoms with E-state index in [1.807, 2.05) is 0 Å². The Labute approximate surface area is 337 Å². The molecule has 0 radical (unpaired) electrons. The summed E-state index contributed by atoms with van der Waals surface area (Å²) in [5.41, 5.74) is 4.64. The Hall–Kier alpha value is -5.26. The van der Waals surface area contributed by atoms with Gasteiger partial charge in [-0.1, -0.05) is 65.0 Å². The minimum atomic E-state index is -4.99. The smallest absolute Gasteiger partial charge is 0.296 e. The fourth-order valence-electron chi connectivity index (χ4n) is 7.34. The van der Waals surface area contributed by atoms with E-state index in [1.165, 1.54) is 47.4 Å². The molecule has 1 fully saturated rings. The summed E-state index contributed by atoms with van der Waals surface area (Å²) in [6.07, 6.45) is 0.972. The molecule has 1 aliphatic carbocycles. The molecule has 2 amide bonds. The molecule has 0 bridgehead atoms. The Morgan fingerprint density at radius 1 is 0.879 bits per heavy atom. The molecule has 17 heteroatoms. The summed E-state index contributed by atoms with van der Waals surface area (Å²) in [5.74, 6) is -4.94. The molecule has 1 saturated heterocycles. The molecule has 3 aromatic rings. The number of ketones is 4. The first kappa shape index (κ1) is 43.9. The molecule has 0 aromatic heterocycles. The van der Waals surface area contributed by atoms with E-state index in [4.69, 9.17) is 5.73 Å². The zero-order valence-corrected chi connectivity index (χ0v) is 34.5. The van der Waals surface area contributed by atoms with E-state index >= 15 is 0 Å². The average Bonchev–Trinajstić information content (AvgIpc) is 3.66. The average molecular weight is 837 g/mol. The molecule has 3 unspecified atom stereocenters. The van der Waals surface area contributed by atoms with Crippen LogP contribution in [0.4, 0.5) is 17.1 Å². The first-order valence-corrected chi connectivity index (χ1v) is 22.1. The monoisotopic (exact) mass is 836 g/mol. The second-order valence-corrected chi connectivity index (χ2v) is 19.0. The van der Waals surface area contributed by atoms with E-state index in [-0.39, 0.29) is 81.7 Å². The summed E-state index contributed by atoms with van der Waals surface area (Å²) in [6.45, 7) is 8.82. The maximum absolute atomic E-state index is 13.7. The zero-order chi connectivity index (χ0) is 42.9. The molecule has 1 heterocycles. The number of anilines is 3. The minimum Gasteiger partial charge on any atom is -0.397 e. The molecule has 3 aromatic carbocycles. The highest BCUT2D eigenvalue weighted by molar-refractivity contribution is 7.91. The van der Waals surface area contributed by atoms with E-state index in [0.29, 0.717) is 19.4 Å². The largest absolute Gasteiger partial charge is 0.397 e. The minimum absolute atomic E-state index is 0.00851. The Morgan fingerprint density at radius 2 is 1.52 bits per heavy atom. The highest BCUT2D eigenvalue weighted by Crippen LogP contribution is 2.40. The van der Waals surface area contributed by atoms with Gasteiger partial charge < -0.3 is 21.3 Å². The van der Waals surface area contributed by atoms with Crippen LogP contribution in [0.3, 0.4) is 0 Å². The van der Waals surface area contributed by atoms with Crippen LogP contribution in [0.25, 0.3) is 0 Å². The van der Waals surface area contributed by atoms with Gasteiger partial charge in [-0.2, -0.15) is 8.42 Å². The standard InChI is InChI=1S/C41H48N4O11S2/c1-22(2)29(20-33(47)31-14-9-16-45(31)41(51)24(5)18-32(46)23(3)4)40(50)43-15-17-57(52,53)26-11-8-10-25(19-26)44-30-21-34(58(54,55)56)37(42)36-35(30)38(48)27-12-6-7-13-28(27)39(36)49/h6-8,10-13,19,21-24,29,31,44H,9,14-18,20,42H2,1-5H3,(H,43,50)(H,54,55,56). The molecular formula is C41H48N4O11S2. The van der Waals surface area contributed by atoms with Gasteiger partial charge in [0.2, 0.25) is 11.8 Å². The first-order valence-electron chi connectivity index (χ1n) is 19.0. The van der Waals surface area contributed by atoms with Gasteiger partial charge in [-0.25, -0.2) is 8.42 Å². The van der Waals surface area contributed by atoms with Crippen molar-refractivity contribution in [2.24, 2.45) is 23.7 Å². The van der Waals surface area contributed by atoms with Crippen molar-refractivity contribution >= 4 is 72.0 Å². The topological polar surface area (TPSA) is 244 Å². The van der Waals surface area contributed by atoms with Gasteiger partial charge in [0.25, 0.3) is 10.1 Å². The lowest BCUT2D eigenvalue weighted by molar-refractivity contribution is -0.143. The lowest BCUT2D eigenvalue weighted by atomic mass is 9.82. The zero-order valence-electron chi connectivity index (χ0n) is 32.9. The highest BCUT2D eigenvalue weighted by atomic mass is 32.2. The number of benzene rings is 3. The highest BCUT2D eigenvalue weighted by Gasteiger charge is 2.39. The first-order chi connectivity index (χ1) is 27.1. The Bertz CT molecular complexity index is 2410. The summed E-state index contributed by atoms with van der Waals surface area (Å²) < 4.78 is 61.6. The van der Waals surface area contributed by atoms with Gasteiger partial charge in [-0.3, -0.25) is 33.3 Å². The fraction of sp³-hybridized carbons (Fsp3) is 0.415. The number of nitrogen functional groups attached to an aromatic ring is 1. The molecule has 310 valence electrons. The van der Waals surface area contributed by atoms with Crippen molar-refractivity contribution in [2.45, 2.75) is 76.1 Å². The third-order valence-corrected chi connectivity index (χ3v) is 13.3. The van der Waals surface area contributed by atoms with Gasteiger partial charge in [0.15, 0.2) is 27.2 Å². The van der Waals surface area contributed by atoms with Crippen LogP contribution in [-0.2, 0) is 39.1 Å². The van der Waals surface area contributed by atoms with Gasteiger partial charge in [0.1, 0.15) is 10.7 Å². The molecular weight excluding hydrogens is 789 g/mol. The summed E-state index contributed by atoms with van der Waals surface area (Å²) in [7, 11) is -9.06. The van der Waals surface area contributed by atoms with Crippen molar-refractivity contribution in [1.29, 1.82) is 0 Å². The van der Waals surface area contributed by atoms with Crippen LogP contribution in [0.1, 0.15) is 92.1 Å². The molecule has 5 rings (SSSR count). The van der Waals surface area contributed by atoms with Crippen LogP contribution >= 0.6 is 0 Å². The van der Waals surface area contributed by atoms with Crippen molar-refractivity contribution in [3.63, 3.8) is 0 Å². The molecule has 0 spiro atoms. The number of sulfone groups is 1. The maximum Gasteiger partial charge on any atom is 0.296 e. The van der Waals surface area contributed by atoms with E-state index in [9.17, 15) is 50.2 Å². The quantitative estimate of drug-likeness (QED) is 0.0905. The number of nitrogens with two attached hydrogens (primary N) is 1. The molecule has 0 saturated carbocycles. The third-order valence-electron chi connectivity index (χ3n) is 10.7. The molecule has 3 atom stereocenters. The molecule has 2 aliphatic rings. The second-order valence-electron chi connectivity index (χ2n) is 15.5. The lowest BCUT2D eigenvalue weighted by Gasteiger charge is -2.28. The van der Waals surface area contributed by atoms with Crippen LogP contribution in [0.2, 0.25) is 0 Å². The van der Waals surface area contributed by atoms with Gasteiger partial charge in [-0.15, -0.1) is 0 Å². The number of nitrogens with zero attached hydrogens (tertiary/aromatic N) is 1. The number of carbonyl (C=O) groups is 6. The lowest BCUT2D eigenvalue weighted by Crippen LogP contribution is -2.45. The molecule has 5 N–H and O–H groups in total. The fourth-order valence-corrected chi connectivity index (χ4v) is 9.19. The SMILES string of the molecule is CC(C)C(=O)CC(C)C(=O)N1CCCC1C(=O)CC(C(=O)NCCS(=O)(=O)c1cccc(Nc2cc(S(=O)(=O)O)c(N)c3c2C(=O)c2ccccc2C3=O)c1)C(C)C. The number of hydrogen-bond donors (Lipinski definition) is 4. The molecule has 58 heavy (non-hydrogen) atoms. The van der Waals surface area contributed by atoms with E-state index in [2.05, 4.69) is 10.6 Å². The van der Waals surface area contributed by atoms with Gasteiger partial charge in [0.05, 0.1) is 39.2 Å². The predicted octanol–water partition coefficient (Wildman–Crippen LogP) is 4.40. The Morgan fingerprint density at radius 3 is 2.12 bits per heavy atom. The number of Topliss-reactive ketones (excluding diaryl/α,β-unsaturated/α-hetero) is 2. The summed E-state index contributed by atoms with van der Waals surface area (Å²) in [5, 5.41) is 5.46. The van der Waals surface area contributed by atoms with Crippen molar-refractivity contribution in [3.8, 4) is 0 Å². The Balaban J connectivity index is 1.28. The van der Waals surface area contributed by atoms with E-state index in [0.717, 1.165) is 6.07 Å². The molecule has 1 aliphatic heterocycles. The van der Waals surface area contributed by atoms with Crippen LogP contribution in [0.5, 0.6) is 0 Å². The number of nitrogens with one attached hydrogen (secondary N) is 2. The summed E-state index contributed by atoms with van der Waals surface area (Å²) >= 11 is 0. The van der Waals surface area contributed by atoms with Crippen LogP contribution < -0.4 is 16.4 Å². The second kappa shape index (κ2) is 17.3. The number of carbonyl (C=O) groups excluding carboxylic acids is 6. The Kier molecular flexibility index (Phi) is 13.1. The van der Waals surface area contributed by atoms with E-state index < -0.39 is 77.2 Å². The van der Waals surface area contributed by atoms with Crippen molar-refractivity contribution < 1.29 is 50.2 Å². The normalized spacial score (nSPS) is 16.5. The number of amides is 2. The van der Waals surface area contributed by atoms with Crippen LogP contribution in [0, 0.1) is 23.7 Å². The number of hydrogen-bond acceptors (Lipinski definition) is 12. The summed E-state index contributed by atoms with van der Waals surface area (Å²) in [4.78, 5) is 80.1. The summed E-state index contributed by atoms with van der Waals surface area (Å²) in [6, 6.07) is 11.4. The third kappa shape index (κ3) is 9.21. The number of likely N-dealkylation sites (tertiary alicyclic amines) is 1. The number of rotatable bonds is 16. The van der Waals surface area contributed by atoms with Crippen LogP contribution in [-0.4, -0.2) is 86.1 Å². The van der Waals surface area contributed by atoms with Crippen LogP contribution in [0.15, 0.2) is 64.4 Å². The maximum atomic E-state index is 13.7. The number of fused-ring (bicyclic) bond motifs is 2. The van der Waals surface area contributed by atoms with Gasteiger partial charge in [-0.05, 0) is 43.0 Å². The van der Waals surface area contributed by atoms with Crippen molar-refractivity contribution in [3.05, 3.63) is 76.9 Å². The van der Waals surface area contributed by atoms with E-state index in [1.54, 1.807) is 40.7 Å². The van der Waals surface area contributed by atoms with Crippen molar-refractivity contribution in [2.75, 3.05) is 29.9 Å². The van der Waals surface area contributed by atoms with Gasteiger partial charge >= 0.3 is 0 Å².